The Balaban J connectivity index is 0.996. The largest absolute Gasteiger partial charge is 0.456 e. The molecule has 0 amide bonds. The van der Waals surface area contributed by atoms with Crippen LogP contribution in [-0.2, 0) is 0 Å². The van der Waals surface area contributed by atoms with Crippen LogP contribution in [0.4, 0.5) is 0 Å². The van der Waals surface area contributed by atoms with Crippen LogP contribution in [0, 0.1) is 0 Å². The molecule has 1 aromatic heterocycles. The molecule has 0 spiro atoms. The van der Waals surface area contributed by atoms with Crippen molar-refractivity contribution in [3.63, 3.8) is 0 Å². The quantitative estimate of drug-likeness (QED) is 0.164. The first-order chi connectivity index (χ1) is 29.2. The molecule has 0 atom stereocenters. The van der Waals surface area contributed by atoms with E-state index in [0.29, 0.717) is 0 Å². The van der Waals surface area contributed by atoms with Crippen LogP contribution in [0.15, 0.2) is 211 Å². The number of fused-ring (bicyclic) bond motifs is 9. The number of rotatable bonds is 4. The van der Waals surface area contributed by atoms with Gasteiger partial charge in [-0.15, -0.1) is 0 Å². The predicted octanol–water partition coefficient (Wildman–Crippen LogP) is 16.6. The maximum Gasteiger partial charge on any atom is 0.136 e. The summed E-state index contributed by atoms with van der Waals surface area (Å²) in [5.41, 5.74) is 11.5. The van der Waals surface area contributed by atoms with E-state index in [2.05, 4.69) is 206 Å². The van der Waals surface area contributed by atoms with Crippen molar-refractivity contribution in [1.82, 2.24) is 0 Å². The molecule has 13 rings (SSSR count). The van der Waals surface area contributed by atoms with E-state index in [1.54, 1.807) is 0 Å². The molecule has 0 aliphatic carbocycles. The Hall–Kier alpha value is -7.74. The van der Waals surface area contributed by atoms with Gasteiger partial charge in [0, 0.05) is 10.8 Å². The van der Waals surface area contributed by atoms with Gasteiger partial charge < -0.3 is 4.42 Å². The molecule has 0 radical (unpaired) electrons. The van der Waals surface area contributed by atoms with Crippen molar-refractivity contribution in [2.75, 3.05) is 0 Å². The average molecular weight is 747 g/mol. The van der Waals surface area contributed by atoms with Crippen LogP contribution in [0.3, 0.4) is 0 Å². The zero-order valence-electron chi connectivity index (χ0n) is 32.0. The number of hydrogen-bond acceptors (Lipinski definition) is 1. The molecule has 0 N–H and O–H groups in total. The third-order valence-corrected chi connectivity index (χ3v) is 12.8. The van der Waals surface area contributed by atoms with Crippen LogP contribution >= 0.6 is 0 Å². The van der Waals surface area contributed by atoms with E-state index in [-0.39, 0.29) is 0 Å². The number of hydrogen-bond donors (Lipinski definition) is 0. The van der Waals surface area contributed by atoms with E-state index >= 15 is 0 Å². The minimum Gasteiger partial charge on any atom is -0.456 e. The maximum absolute atomic E-state index is 6.76. The molecule has 13 aromatic rings. The van der Waals surface area contributed by atoms with Gasteiger partial charge in [-0.05, 0) is 152 Å². The van der Waals surface area contributed by atoms with Crippen LogP contribution < -0.4 is 0 Å². The molecule has 0 saturated heterocycles. The first-order valence-corrected chi connectivity index (χ1v) is 20.4. The van der Waals surface area contributed by atoms with Crippen molar-refractivity contribution in [1.29, 1.82) is 0 Å². The second-order valence-electron chi connectivity index (χ2n) is 16.0. The average Bonchev–Trinajstić information content (AvgIpc) is 3.67. The lowest BCUT2D eigenvalue weighted by atomic mass is 9.86. The van der Waals surface area contributed by atoms with Gasteiger partial charge >= 0.3 is 0 Å². The van der Waals surface area contributed by atoms with Gasteiger partial charge in [0.15, 0.2) is 0 Å². The molecule has 0 aliphatic rings. The fraction of sp³-hybridized carbons (Fsp3) is 0. The minimum atomic E-state index is 0.905. The molecule has 0 unspecified atom stereocenters. The molecule has 0 saturated carbocycles. The summed E-state index contributed by atoms with van der Waals surface area (Å²) in [6.45, 7) is 0. The van der Waals surface area contributed by atoms with Gasteiger partial charge in [-0.3, -0.25) is 0 Å². The summed E-state index contributed by atoms with van der Waals surface area (Å²) in [5, 5.41) is 17.5. The summed E-state index contributed by atoms with van der Waals surface area (Å²) in [7, 11) is 0. The van der Waals surface area contributed by atoms with Gasteiger partial charge in [0.05, 0.1) is 0 Å². The van der Waals surface area contributed by atoms with E-state index in [1.165, 1.54) is 104 Å². The lowest BCUT2D eigenvalue weighted by Gasteiger charge is -2.17. The normalized spacial score (nSPS) is 12.1. The summed E-state index contributed by atoms with van der Waals surface area (Å²) in [5.74, 6) is 0. The molecule has 59 heavy (non-hydrogen) atoms. The van der Waals surface area contributed by atoms with E-state index in [0.717, 1.165) is 27.5 Å². The third kappa shape index (κ3) is 4.86. The van der Waals surface area contributed by atoms with Gasteiger partial charge in [-0.2, -0.15) is 0 Å². The Kier molecular flexibility index (Phi) is 6.79. The fourth-order valence-corrected chi connectivity index (χ4v) is 10.0. The molecule has 1 nitrogen and oxygen atoms in total. The van der Waals surface area contributed by atoms with Crippen LogP contribution in [0.1, 0.15) is 0 Å². The van der Waals surface area contributed by atoms with Crippen molar-refractivity contribution in [2.45, 2.75) is 0 Å². The van der Waals surface area contributed by atoms with Crippen LogP contribution in [0.2, 0.25) is 0 Å². The molecule has 12 aromatic carbocycles. The Morgan fingerprint density at radius 1 is 0.220 bits per heavy atom. The predicted molar refractivity (Wildman–Crippen MR) is 252 cm³/mol. The monoisotopic (exact) mass is 746 g/mol. The molecular formula is C58H34O. The molecule has 1 heterocycles. The first-order valence-electron chi connectivity index (χ1n) is 20.4. The highest BCUT2D eigenvalue weighted by atomic mass is 16.3. The third-order valence-electron chi connectivity index (χ3n) is 12.8. The Labute approximate surface area is 340 Å². The van der Waals surface area contributed by atoms with E-state index < -0.39 is 0 Å². The topological polar surface area (TPSA) is 13.1 Å². The zero-order chi connectivity index (χ0) is 38.6. The SMILES string of the molecule is c1ccc(-c2cc(-c3ccccc3)cc(-c3ccc4ccc5c(-c6ccc7c(c6)oc6cc8c9ccccc9c9ccccc9c8cc67)ccc6ccc3c4c65)c2)cc1. The smallest absolute Gasteiger partial charge is 0.136 e. The van der Waals surface area contributed by atoms with Gasteiger partial charge in [-0.1, -0.05) is 164 Å². The van der Waals surface area contributed by atoms with Crippen molar-refractivity contribution >= 4 is 86.6 Å². The summed E-state index contributed by atoms with van der Waals surface area (Å²) in [6, 6.07) is 75.8. The highest BCUT2D eigenvalue weighted by molar-refractivity contribution is 6.29. The number of benzene rings is 12. The second kappa shape index (κ2) is 12.4. The summed E-state index contributed by atoms with van der Waals surface area (Å²) in [6.07, 6.45) is 0. The molecular weight excluding hydrogens is 713 g/mol. The van der Waals surface area contributed by atoms with E-state index in [1.807, 2.05) is 0 Å². The fourth-order valence-electron chi connectivity index (χ4n) is 10.0. The summed E-state index contributed by atoms with van der Waals surface area (Å²) >= 11 is 0. The van der Waals surface area contributed by atoms with Crippen molar-refractivity contribution in [2.24, 2.45) is 0 Å². The van der Waals surface area contributed by atoms with E-state index in [4.69, 9.17) is 4.42 Å². The molecule has 272 valence electrons. The molecule has 0 bridgehead atoms. The second-order valence-corrected chi connectivity index (χ2v) is 16.0. The zero-order valence-corrected chi connectivity index (χ0v) is 32.0. The lowest BCUT2D eigenvalue weighted by molar-refractivity contribution is 0.669. The van der Waals surface area contributed by atoms with Crippen LogP contribution in [-0.4, -0.2) is 0 Å². The first kappa shape index (κ1) is 32.4. The van der Waals surface area contributed by atoms with Crippen LogP contribution in [0.5, 0.6) is 0 Å². The van der Waals surface area contributed by atoms with Crippen molar-refractivity contribution in [3.05, 3.63) is 206 Å². The maximum atomic E-state index is 6.76. The highest BCUT2D eigenvalue weighted by Crippen LogP contribution is 2.45. The lowest BCUT2D eigenvalue weighted by Crippen LogP contribution is -1.91. The molecule has 0 aliphatic heterocycles. The van der Waals surface area contributed by atoms with Crippen LogP contribution in [0.25, 0.3) is 131 Å². The standard InChI is InChI=1S/C58H34O/c1-3-11-35(12-4-1)40-29-41(36-13-5-2-6-14-36)31-42(30-40)44-25-20-38-21-27-50-43(24-19-37-22-28-51(44)58(38)57(37)50)39-23-26-49-54-33-52-47-17-9-7-15-45(47)46-16-8-10-18-48(46)53(52)34-56(54)59-55(49)32-39/h1-34H. The molecule has 0 fully saturated rings. The summed E-state index contributed by atoms with van der Waals surface area (Å²) in [4.78, 5) is 0. The minimum absolute atomic E-state index is 0.905. The molecule has 1 heteroatoms. The van der Waals surface area contributed by atoms with Gasteiger partial charge in [0.2, 0.25) is 0 Å². The van der Waals surface area contributed by atoms with Gasteiger partial charge in [0.1, 0.15) is 11.2 Å². The Morgan fingerprint density at radius 2 is 0.661 bits per heavy atom. The van der Waals surface area contributed by atoms with Crippen molar-refractivity contribution in [3.8, 4) is 44.5 Å². The van der Waals surface area contributed by atoms with Gasteiger partial charge in [-0.25, -0.2) is 0 Å². The Morgan fingerprint density at radius 3 is 1.24 bits per heavy atom. The highest BCUT2D eigenvalue weighted by Gasteiger charge is 2.18. The Bertz CT molecular complexity index is 3760. The van der Waals surface area contributed by atoms with Crippen molar-refractivity contribution < 1.29 is 4.42 Å². The van der Waals surface area contributed by atoms with E-state index in [9.17, 15) is 0 Å². The van der Waals surface area contributed by atoms with Gasteiger partial charge in [0.25, 0.3) is 0 Å². The summed E-state index contributed by atoms with van der Waals surface area (Å²) < 4.78 is 6.76. The number of furan rings is 1.